The molecule has 0 aromatic rings. The number of ether oxygens (including phenoxy) is 1. The standard InChI is InChI=1S/C18H34N2O/c1-2-17-6-4-3-5-11-20(17)15-18(9-12-21-13-10-18)14-19-16-7-8-16/h16-17,19H,2-15H2,1H3. The third-order valence-electron chi connectivity index (χ3n) is 5.91. The molecule has 0 aromatic carbocycles. The van der Waals surface area contributed by atoms with Crippen LogP contribution >= 0.6 is 0 Å². The predicted octanol–water partition coefficient (Wildman–Crippen LogP) is 3.19. The maximum absolute atomic E-state index is 5.67. The van der Waals surface area contributed by atoms with E-state index >= 15 is 0 Å². The lowest BCUT2D eigenvalue weighted by Gasteiger charge is -2.43. The highest BCUT2D eigenvalue weighted by Gasteiger charge is 2.37. The largest absolute Gasteiger partial charge is 0.381 e. The Morgan fingerprint density at radius 1 is 1.10 bits per heavy atom. The quantitative estimate of drug-likeness (QED) is 0.814. The average molecular weight is 294 g/mol. The van der Waals surface area contributed by atoms with E-state index in [1.165, 1.54) is 77.4 Å². The molecule has 0 aromatic heterocycles. The molecule has 0 bridgehead atoms. The minimum absolute atomic E-state index is 0.471. The first kappa shape index (κ1) is 15.8. The van der Waals surface area contributed by atoms with Crippen LogP contribution in [0.4, 0.5) is 0 Å². The first-order valence-electron chi connectivity index (χ1n) is 9.36. The van der Waals surface area contributed by atoms with Crippen molar-refractivity contribution in [2.45, 2.75) is 76.8 Å². The Morgan fingerprint density at radius 3 is 2.62 bits per heavy atom. The zero-order valence-electron chi connectivity index (χ0n) is 13.9. The molecular formula is C18H34N2O. The number of nitrogens with one attached hydrogen (secondary N) is 1. The Bertz CT molecular complexity index is 310. The zero-order chi connectivity index (χ0) is 14.5. The molecule has 2 aliphatic heterocycles. The van der Waals surface area contributed by atoms with Gasteiger partial charge in [-0.3, -0.25) is 4.90 Å². The topological polar surface area (TPSA) is 24.5 Å². The Balaban J connectivity index is 1.63. The summed E-state index contributed by atoms with van der Waals surface area (Å²) in [6.07, 6.45) is 12.3. The van der Waals surface area contributed by atoms with Crippen LogP contribution in [0, 0.1) is 5.41 Å². The Morgan fingerprint density at radius 2 is 1.90 bits per heavy atom. The molecule has 3 nitrogen and oxygen atoms in total. The lowest BCUT2D eigenvalue weighted by Crippen LogP contribution is -2.50. The van der Waals surface area contributed by atoms with Crippen LogP contribution in [-0.4, -0.2) is 49.8 Å². The van der Waals surface area contributed by atoms with Crippen LogP contribution in [0.15, 0.2) is 0 Å². The van der Waals surface area contributed by atoms with Crippen LogP contribution in [0.5, 0.6) is 0 Å². The van der Waals surface area contributed by atoms with Crippen LogP contribution in [0.25, 0.3) is 0 Å². The van der Waals surface area contributed by atoms with Gasteiger partial charge in [-0.25, -0.2) is 0 Å². The van der Waals surface area contributed by atoms with Crippen LogP contribution in [0.2, 0.25) is 0 Å². The third-order valence-corrected chi connectivity index (χ3v) is 5.91. The second kappa shape index (κ2) is 7.43. The summed E-state index contributed by atoms with van der Waals surface area (Å²) < 4.78 is 5.67. The fourth-order valence-electron chi connectivity index (χ4n) is 4.18. The summed E-state index contributed by atoms with van der Waals surface area (Å²) in [5.41, 5.74) is 0.471. The van der Waals surface area contributed by atoms with Gasteiger partial charge >= 0.3 is 0 Å². The van der Waals surface area contributed by atoms with Gasteiger partial charge in [0.15, 0.2) is 0 Å². The highest BCUT2D eigenvalue weighted by molar-refractivity contribution is 4.92. The van der Waals surface area contributed by atoms with Gasteiger partial charge in [-0.1, -0.05) is 19.8 Å². The van der Waals surface area contributed by atoms with E-state index in [0.29, 0.717) is 5.41 Å². The molecule has 2 heterocycles. The first-order valence-corrected chi connectivity index (χ1v) is 9.36. The van der Waals surface area contributed by atoms with E-state index in [0.717, 1.165) is 25.3 Å². The normalized spacial score (nSPS) is 31.0. The highest BCUT2D eigenvalue weighted by Crippen LogP contribution is 2.34. The van der Waals surface area contributed by atoms with E-state index in [-0.39, 0.29) is 0 Å². The second-order valence-corrected chi connectivity index (χ2v) is 7.65. The fourth-order valence-corrected chi connectivity index (χ4v) is 4.18. The number of hydrogen-bond donors (Lipinski definition) is 1. The summed E-state index contributed by atoms with van der Waals surface area (Å²) in [4.78, 5) is 2.84. The van der Waals surface area contributed by atoms with Crippen LogP contribution < -0.4 is 5.32 Å². The summed E-state index contributed by atoms with van der Waals surface area (Å²) >= 11 is 0. The monoisotopic (exact) mass is 294 g/mol. The van der Waals surface area contributed by atoms with Gasteiger partial charge in [-0.05, 0) is 56.9 Å². The van der Waals surface area contributed by atoms with Crippen molar-refractivity contribution in [1.29, 1.82) is 0 Å². The van der Waals surface area contributed by atoms with Crippen molar-refractivity contribution in [3.05, 3.63) is 0 Å². The van der Waals surface area contributed by atoms with E-state index < -0.39 is 0 Å². The van der Waals surface area contributed by atoms with Crippen molar-refractivity contribution in [1.82, 2.24) is 10.2 Å². The average Bonchev–Trinajstić information content (AvgIpc) is 3.34. The lowest BCUT2D eigenvalue weighted by molar-refractivity contribution is -0.0120. The third kappa shape index (κ3) is 4.43. The molecule has 0 spiro atoms. The van der Waals surface area contributed by atoms with Crippen molar-refractivity contribution < 1.29 is 4.74 Å². The molecule has 1 unspecified atom stereocenters. The Kier molecular flexibility index (Phi) is 5.58. The molecule has 1 saturated carbocycles. The van der Waals surface area contributed by atoms with Crippen LogP contribution in [0.3, 0.4) is 0 Å². The number of hydrogen-bond acceptors (Lipinski definition) is 3. The number of likely N-dealkylation sites (tertiary alicyclic amines) is 1. The summed E-state index contributed by atoms with van der Waals surface area (Å²) in [5, 5.41) is 3.82. The fraction of sp³-hybridized carbons (Fsp3) is 1.00. The molecule has 0 amide bonds. The summed E-state index contributed by atoms with van der Waals surface area (Å²) in [6, 6.07) is 1.66. The maximum atomic E-state index is 5.67. The molecule has 3 aliphatic rings. The zero-order valence-corrected chi connectivity index (χ0v) is 13.9. The maximum Gasteiger partial charge on any atom is 0.0472 e. The van der Waals surface area contributed by atoms with Crippen molar-refractivity contribution in [2.75, 3.05) is 32.8 Å². The molecular weight excluding hydrogens is 260 g/mol. The van der Waals surface area contributed by atoms with Crippen LogP contribution in [-0.2, 0) is 4.74 Å². The van der Waals surface area contributed by atoms with E-state index in [9.17, 15) is 0 Å². The van der Waals surface area contributed by atoms with E-state index in [1.54, 1.807) is 0 Å². The van der Waals surface area contributed by atoms with E-state index in [2.05, 4.69) is 17.1 Å². The lowest BCUT2D eigenvalue weighted by atomic mass is 9.79. The van der Waals surface area contributed by atoms with Gasteiger partial charge in [-0.2, -0.15) is 0 Å². The number of rotatable bonds is 6. The first-order chi connectivity index (χ1) is 10.3. The van der Waals surface area contributed by atoms with Crippen molar-refractivity contribution in [2.24, 2.45) is 5.41 Å². The molecule has 21 heavy (non-hydrogen) atoms. The summed E-state index contributed by atoms with van der Waals surface area (Å²) in [7, 11) is 0. The minimum atomic E-state index is 0.471. The van der Waals surface area contributed by atoms with Gasteiger partial charge < -0.3 is 10.1 Å². The molecule has 1 atom stereocenters. The highest BCUT2D eigenvalue weighted by atomic mass is 16.5. The predicted molar refractivity (Wildman–Crippen MR) is 87.6 cm³/mol. The molecule has 3 fully saturated rings. The van der Waals surface area contributed by atoms with Gasteiger partial charge in [0.2, 0.25) is 0 Å². The van der Waals surface area contributed by atoms with Crippen molar-refractivity contribution in [3.63, 3.8) is 0 Å². The van der Waals surface area contributed by atoms with Crippen LogP contribution in [0.1, 0.15) is 64.7 Å². The molecule has 122 valence electrons. The second-order valence-electron chi connectivity index (χ2n) is 7.65. The Hall–Kier alpha value is -0.120. The molecule has 3 heteroatoms. The Labute approximate surface area is 130 Å². The van der Waals surface area contributed by atoms with Gasteiger partial charge in [0.05, 0.1) is 0 Å². The van der Waals surface area contributed by atoms with Gasteiger partial charge in [0.25, 0.3) is 0 Å². The van der Waals surface area contributed by atoms with Crippen molar-refractivity contribution in [3.8, 4) is 0 Å². The molecule has 1 aliphatic carbocycles. The minimum Gasteiger partial charge on any atom is -0.381 e. The van der Waals surface area contributed by atoms with Gasteiger partial charge in [0, 0.05) is 38.4 Å². The van der Waals surface area contributed by atoms with E-state index in [1.807, 2.05) is 0 Å². The summed E-state index contributed by atoms with van der Waals surface area (Å²) in [5.74, 6) is 0. The van der Waals surface area contributed by atoms with Crippen molar-refractivity contribution >= 4 is 0 Å². The van der Waals surface area contributed by atoms with Gasteiger partial charge in [-0.15, -0.1) is 0 Å². The molecule has 1 N–H and O–H groups in total. The molecule has 0 radical (unpaired) electrons. The molecule has 3 rings (SSSR count). The summed E-state index contributed by atoms with van der Waals surface area (Å²) in [6.45, 7) is 8.16. The SMILES string of the molecule is CCC1CCCCCN1CC1(CNC2CC2)CCOCC1. The number of nitrogens with zero attached hydrogens (tertiary/aromatic N) is 1. The smallest absolute Gasteiger partial charge is 0.0472 e. The van der Waals surface area contributed by atoms with Gasteiger partial charge in [0.1, 0.15) is 0 Å². The molecule has 2 saturated heterocycles. The van der Waals surface area contributed by atoms with E-state index in [4.69, 9.17) is 4.74 Å².